The van der Waals surface area contributed by atoms with Crippen molar-refractivity contribution >= 4 is 17.5 Å². The average molecular weight is 387 g/mol. The van der Waals surface area contributed by atoms with E-state index in [9.17, 15) is 4.79 Å². The van der Waals surface area contributed by atoms with Crippen LogP contribution in [0.3, 0.4) is 0 Å². The minimum absolute atomic E-state index is 0.272. The molecule has 1 N–H and O–H groups in total. The summed E-state index contributed by atoms with van der Waals surface area (Å²) in [5, 5.41) is 7.11. The number of rotatable bonds is 7. The Morgan fingerprint density at radius 1 is 1.15 bits per heavy atom. The Hall–Kier alpha value is -2.99. The molecule has 27 heavy (non-hydrogen) atoms. The fraction of sp³-hybridized carbons (Fsp3) is 0.200. The quantitative estimate of drug-likeness (QED) is 0.664. The maximum atomic E-state index is 12.5. The van der Waals surface area contributed by atoms with Crippen LogP contribution in [0.2, 0.25) is 5.02 Å². The zero-order chi connectivity index (χ0) is 19.2. The number of amides is 1. The van der Waals surface area contributed by atoms with E-state index in [1.807, 2.05) is 30.3 Å². The van der Waals surface area contributed by atoms with Crippen LogP contribution in [0.1, 0.15) is 15.9 Å². The lowest BCUT2D eigenvalue weighted by Crippen LogP contribution is -2.25. The number of halogens is 1. The minimum Gasteiger partial charge on any atom is -0.493 e. The molecule has 0 aliphatic heterocycles. The number of carbonyl (C=O) groups is 1. The van der Waals surface area contributed by atoms with Crippen molar-refractivity contribution < 1.29 is 18.8 Å². The second-order valence-electron chi connectivity index (χ2n) is 5.74. The van der Waals surface area contributed by atoms with Crippen LogP contribution in [0.4, 0.5) is 0 Å². The summed E-state index contributed by atoms with van der Waals surface area (Å²) in [5.41, 5.74) is 1.99. The lowest BCUT2D eigenvalue weighted by atomic mass is 10.1. The molecule has 2 aromatic carbocycles. The first-order valence-electron chi connectivity index (χ1n) is 8.32. The number of aromatic nitrogens is 1. The first kappa shape index (κ1) is 18.8. The molecule has 1 amide bonds. The minimum atomic E-state index is -0.272. The Labute approximate surface area is 162 Å². The Bertz CT molecular complexity index is 939. The fourth-order valence-corrected chi connectivity index (χ4v) is 2.91. The summed E-state index contributed by atoms with van der Waals surface area (Å²) >= 11 is 6.19. The maximum absolute atomic E-state index is 12.5. The van der Waals surface area contributed by atoms with Crippen molar-refractivity contribution in [3.05, 3.63) is 64.8 Å². The van der Waals surface area contributed by atoms with Crippen LogP contribution in [0.15, 0.2) is 53.2 Å². The molecule has 0 atom stereocenters. The lowest BCUT2D eigenvalue weighted by Gasteiger charge is -2.10. The summed E-state index contributed by atoms with van der Waals surface area (Å²) in [6.07, 6.45) is 2.03. The van der Waals surface area contributed by atoms with Gasteiger partial charge in [0.05, 0.1) is 25.4 Å². The molecule has 140 valence electrons. The largest absolute Gasteiger partial charge is 0.493 e. The molecule has 0 radical (unpaired) electrons. The molecule has 0 fully saturated rings. The van der Waals surface area contributed by atoms with E-state index < -0.39 is 0 Å². The van der Waals surface area contributed by atoms with E-state index in [1.54, 1.807) is 26.4 Å². The van der Waals surface area contributed by atoms with Gasteiger partial charge in [-0.1, -0.05) is 35.0 Å². The highest BCUT2D eigenvalue weighted by Gasteiger charge is 2.19. The highest BCUT2D eigenvalue weighted by molar-refractivity contribution is 6.33. The smallest absolute Gasteiger partial charge is 0.256 e. The van der Waals surface area contributed by atoms with Crippen molar-refractivity contribution in [2.75, 3.05) is 20.8 Å². The molecule has 1 heterocycles. The zero-order valence-corrected chi connectivity index (χ0v) is 15.7. The molecule has 6 nitrogen and oxygen atoms in total. The van der Waals surface area contributed by atoms with E-state index in [-0.39, 0.29) is 5.91 Å². The van der Waals surface area contributed by atoms with Crippen molar-refractivity contribution in [2.24, 2.45) is 0 Å². The van der Waals surface area contributed by atoms with E-state index in [4.69, 9.17) is 25.6 Å². The fourth-order valence-electron chi connectivity index (χ4n) is 2.69. The predicted octanol–water partition coefficient (Wildman–Crippen LogP) is 3.98. The monoisotopic (exact) mass is 386 g/mol. The normalized spacial score (nSPS) is 10.5. The molecule has 0 unspecified atom stereocenters. The van der Waals surface area contributed by atoms with Gasteiger partial charge in [0.2, 0.25) is 0 Å². The number of ether oxygens (including phenoxy) is 2. The number of hydrogen-bond acceptors (Lipinski definition) is 5. The van der Waals surface area contributed by atoms with E-state index in [0.29, 0.717) is 46.4 Å². The van der Waals surface area contributed by atoms with Gasteiger partial charge < -0.3 is 19.3 Å². The lowest BCUT2D eigenvalue weighted by molar-refractivity contribution is 0.0954. The van der Waals surface area contributed by atoms with Crippen molar-refractivity contribution in [3.63, 3.8) is 0 Å². The maximum Gasteiger partial charge on any atom is 0.256 e. The molecule has 7 heteroatoms. The summed E-state index contributed by atoms with van der Waals surface area (Å²) in [5.74, 6) is 1.40. The molecule has 3 aromatic rings. The SMILES string of the molecule is COc1ccc(CCNC(=O)c2cnoc2-c2ccccc2Cl)cc1OC. The summed E-state index contributed by atoms with van der Waals surface area (Å²) in [6, 6.07) is 12.8. The molecule has 0 spiro atoms. The zero-order valence-electron chi connectivity index (χ0n) is 15.0. The average Bonchev–Trinajstić information content (AvgIpc) is 3.17. The van der Waals surface area contributed by atoms with Gasteiger partial charge in [-0.3, -0.25) is 4.79 Å². The number of nitrogens with one attached hydrogen (secondary N) is 1. The van der Waals surface area contributed by atoms with E-state index in [0.717, 1.165) is 5.56 Å². The molecular weight excluding hydrogens is 368 g/mol. The van der Waals surface area contributed by atoms with Gasteiger partial charge in [-0.05, 0) is 36.2 Å². The van der Waals surface area contributed by atoms with Crippen LogP contribution in [0.5, 0.6) is 11.5 Å². The van der Waals surface area contributed by atoms with Crippen molar-refractivity contribution in [1.82, 2.24) is 10.5 Å². The van der Waals surface area contributed by atoms with Gasteiger partial charge in [-0.2, -0.15) is 0 Å². The Kier molecular flexibility index (Phi) is 5.98. The van der Waals surface area contributed by atoms with Gasteiger partial charge in [0.15, 0.2) is 17.3 Å². The topological polar surface area (TPSA) is 73.6 Å². The van der Waals surface area contributed by atoms with Gasteiger partial charge in [0, 0.05) is 12.1 Å². The Morgan fingerprint density at radius 3 is 2.67 bits per heavy atom. The first-order valence-corrected chi connectivity index (χ1v) is 8.70. The van der Waals surface area contributed by atoms with Crippen molar-refractivity contribution in [3.8, 4) is 22.8 Å². The van der Waals surface area contributed by atoms with Gasteiger partial charge in [0.25, 0.3) is 5.91 Å². The van der Waals surface area contributed by atoms with Gasteiger partial charge >= 0.3 is 0 Å². The van der Waals surface area contributed by atoms with Crippen molar-refractivity contribution in [1.29, 1.82) is 0 Å². The van der Waals surface area contributed by atoms with Gasteiger partial charge in [0.1, 0.15) is 5.56 Å². The van der Waals surface area contributed by atoms with Crippen LogP contribution in [0.25, 0.3) is 11.3 Å². The molecule has 0 aliphatic rings. The number of carbonyl (C=O) groups excluding carboxylic acids is 1. The number of hydrogen-bond donors (Lipinski definition) is 1. The standard InChI is InChI=1S/C20H19ClN2O4/c1-25-17-8-7-13(11-18(17)26-2)9-10-22-20(24)15-12-23-27-19(15)14-5-3-4-6-16(14)21/h3-8,11-12H,9-10H2,1-2H3,(H,22,24). The first-order chi connectivity index (χ1) is 13.1. The van der Waals surface area contributed by atoms with E-state index in [2.05, 4.69) is 10.5 Å². The molecular formula is C20H19ClN2O4. The second kappa shape index (κ2) is 8.60. The summed E-state index contributed by atoms with van der Waals surface area (Å²) in [6.45, 7) is 0.446. The third-order valence-corrected chi connectivity index (χ3v) is 4.41. The summed E-state index contributed by atoms with van der Waals surface area (Å²) in [7, 11) is 3.18. The molecule has 0 bridgehead atoms. The van der Waals surface area contributed by atoms with E-state index in [1.165, 1.54) is 6.20 Å². The van der Waals surface area contributed by atoms with Crippen molar-refractivity contribution in [2.45, 2.75) is 6.42 Å². The van der Waals surface area contributed by atoms with Crippen LogP contribution in [-0.4, -0.2) is 31.8 Å². The van der Waals surface area contributed by atoms with E-state index >= 15 is 0 Å². The molecule has 0 saturated carbocycles. The molecule has 0 aliphatic carbocycles. The van der Waals surface area contributed by atoms with Crippen LogP contribution < -0.4 is 14.8 Å². The van der Waals surface area contributed by atoms with Crippen LogP contribution in [0, 0.1) is 0 Å². The highest BCUT2D eigenvalue weighted by atomic mass is 35.5. The molecule has 3 rings (SSSR count). The summed E-state index contributed by atoms with van der Waals surface area (Å²) < 4.78 is 15.8. The Morgan fingerprint density at radius 2 is 1.93 bits per heavy atom. The number of nitrogens with zero attached hydrogens (tertiary/aromatic N) is 1. The Balaban J connectivity index is 1.66. The van der Waals surface area contributed by atoms with Gasteiger partial charge in [-0.15, -0.1) is 0 Å². The number of benzene rings is 2. The van der Waals surface area contributed by atoms with Crippen LogP contribution >= 0.6 is 11.6 Å². The third kappa shape index (κ3) is 4.23. The third-order valence-electron chi connectivity index (χ3n) is 4.08. The second-order valence-corrected chi connectivity index (χ2v) is 6.15. The number of methoxy groups -OCH3 is 2. The predicted molar refractivity (Wildman–Crippen MR) is 103 cm³/mol. The molecule has 1 aromatic heterocycles. The van der Waals surface area contributed by atoms with Gasteiger partial charge in [-0.25, -0.2) is 0 Å². The summed E-state index contributed by atoms with van der Waals surface area (Å²) in [4.78, 5) is 12.5. The molecule has 0 saturated heterocycles. The van der Waals surface area contributed by atoms with Crippen LogP contribution in [-0.2, 0) is 6.42 Å². The highest BCUT2D eigenvalue weighted by Crippen LogP contribution is 2.30.